The molecular weight excluding hydrogens is 294 g/mol. The molecule has 2 atom stereocenters. The van der Waals surface area contributed by atoms with Gasteiger partial charge in [-0.05, 0) is 47.7 Å². The molecule has 17 heavy (non-hydrogen) atoms. The summed E-state index contributed by atoms with van der Waals surface area (Å²) in [4.78, 5) is 2.84. The summed E-state index contributed by atoms with van der Waals surface area (Å²) in [6.07, 6.45) is 6.94. The lowest BCUT2D eigenvalue weighted by Gasteiger charge is -2.29. The van der Waals surface area contributed by atoms with Gasteiger partial charge in [-0.3, -0.25) is 0 Å². The van der Waals surface area contributed by atoms with E-state index in [0.717, 1.165) is 18.5 Å². The molecule has 0 radical (unpaired) electrons. The van der Waals surface area contributed by atoms with Crippen LogP contribution in [-0.2, 0) is 6.54 Å². The van der Waals surface area contributed by atoms with Crippen LogP contribution in [0.4, 0.5) is 0 Å². The van der Waals surface area contributed by atoms with E-state index in [2.05, 4.69) is 41.2 Å². The molecule has 0 spiro atoms. The monoisotopic (exact) mass is 315 g/mol. The van der Waals surface area contributed by atoms with Gasteiger partial charge in [0, 0.05) is 26.8 Å². The standard InChI is InChI=1S/C14H22BrNS/c1-3-11-5-4-6-12(7-11)16-9-13-8-14(15)10(2)17-13/h8,11-12,16H,3-7,9H2,1-2H3. The van der Waals surface area contributed by atoms with Crippen molar-refractivity contribution >= 4 is 27.3 Å². The van der Waals surface area contributed by atoms with Crippen molar-refractivity contribution in [3.63, 3.8) is 0 Å². The van der Waals surface area contributed by atoms with Gasteiger partial charge in [0.15, 0.2) is 0 Å². The summed E-state index contributed by atoms with van der Waals surface area (Å²) in [5.74, 6) is 0.957. The van der Waals surface area contributed by atoms with Crippen molar-refractivity contribution < 1.29 is 0 Å². The minimum absolute atomic E-state index is 0.745. The van der Waals surface area contributed by atoms with E-state index in [4.69, 9.17) is 0 Å². The number of hydrogen-bond donors (Lipinski definition) is 1. The van der Waals surface area contributed by atoms with Crippen molar-refractivity contribution in [2.24, 2.45) is 5.92 Å². The second kappa shape index (κ2) is 6.35. The first-order valence-electron chi connectivity index (χ1n) is 6.67. The van der Waals surface area contributed by atoms with Crippen molar-refractivity contribution in [1.82, 2.24) is 5.32 Å². The lowest BCUT2D eigenvalue weighted by Crippen LogP contribution is -2.33. The largest absolute Gasteiger partial charge is 0.309 e. The maximum atomic E-state index is 3.73. The number of thiophene rings is 1. The molecular formula is C14H22BrNS. The Balaban J connectivity index is 1.81. The lowest BCUT2D eigenvalue weighted by atomic mass is 9.84. The fourth-order valence-corrected chi connectivity index (χ4v) is 4.25. The van der Waals surface area contributed by atoms with Gasteiger partial charge >= 0.3 is 0 Å². The summed E-state index contributed by atoms with van der Waals surface area (Å²) in [5, 5.41) is 3.73. The smallest absolute Gasteiger partial charge is 0.0314 e. The highest BCUT2D eigenvalue weighted by Gasteiger charge is 2.20. The van der Waals surface area contributed by atoms with Crippen LogP contribution < -0.4 is 5.32 Å². The Bertz CT molecular complexity index is 342. The fourth-order valence-electron chi connectivity index (χ4n) is 2.70. The van der Waals surface area contributed by atoms with Crippen LogP contribution in [0.1, 0.15) is 48.8 Å². The van der Waals surface area contributed by atoms with E-state index in [9.17, 15) is 0 Å². The van der Waals surface area contributed by atoms with Crippen molar-refractivity contribution in [2.45, 2.75) is 58.5 Å². The third kappa shape index (κ3) is 3.80. The van der Waals surface area contributed by atoms with Crippen molar-refractivity contribution in [3.8, 4) is 0 Å². The van der Waals surface area contributed by atoms with E-state index in [0.29, 0.717) is 0 Å². The zero-order chi connectivity index (χ0) is 12.3. The molecule has 0 aliphatic heterocycles. The van der Waals surface area contributed by atoms with Gasteiger partial charge in [0.05, 0.1) is 0 Å². The Morgan fingerprint density at radius 3 is 2.94 bits per heavy atom. The lowest BCUT2D eigenvalue weighted by molar-refractivity contribution is 0.279. The Hall–Kier alpha value is 0.140. The molecule has 1 fully saturated rings. The van der Waals surface area contributed by atoms with Crippen LogP contribution in [0.3, 0.4) is 0 Å². The molecule has 0 amide bonds. The van der Waals surface area contributed by atoms with Gasteiger partial charge in [0.25, 0.3) is 0 Å². The SMILES string of the molecule is CCC1CCCC(NCc2cc(Br)c(C)s2)C1. The first kappa shape index (κ1) is 13.6. The molecule has 1 nitrogen and oxygen atoms in total. The van der Waals surface area contributed by atoms with Gasteiger partial charge in [-0.25, -0.2) is 0 Å². The summed E-state index contributed by atoms with van der Waals surface area (Å²) >= 11 is 5.49. The molecule has 1 aromatic heterocycles. The number of nitrogens with one attached hydrogen (secondary N) is 1. The summed E-state index contributed by atoms with van der Waals surface area (Å²) in [7, 11) is 0. The number of rotatable bonds is 4. The van der Waals surface area contributed by atoms with Crippen LogP contribution in [0.5, 0.6) is 0 Å². The van der Waals surface area contributed by atoms with E-state index in [1.165, 1.54) is 46.3 Å². The van der Waals surface area contributed by atoms with Gasteiger partial charge in [-0.2, -0.15) is 0 Å². The third-order valence-corrected chi connectivity index (χ3v) is 5.97. The highest BCUT2D eigenvalue weighted by atomic mass is 79.9. The van der Waals surface area contributed by atoms with Gasteiger partial charge in [0.1, 0.15) is 0 Å². The van der Waals surface area contributed by atoms with Crippen LogP contribution in [0, 0.1) is 12.8 Å². The Kier molecular flexibility index (Phi) is 5.07. The van der Waals surface area contributed by atoms with Gasteiger partial charge < -0.3 is 5.32 Å². The van der Waals surface area contributed by atoms with E-state index >= 15 is 0 Å². The zero-order valence-electron chi connectivity index (χ0n) is 10.8. The van der Waals surface area contributed by atoms with E-state index in [1.54, 1.807) is 0 Å². The molecule has 3 heteroatoms. The second-order valence-corrected chi connectivity index (χ2v) is 7.33. The van der Waals surface area contributed by atoms with Gasteiger partial charge in [0.2, 0.25) is 0 Å². The highest BCUT2D eigenvalue weighted by Crippen LogP contribution is 2.28. The molecule has 0 aromatic carbocycles. The topological polar surface area (TPSA) is 12.0 Å². The predicted octanol–water partition coefficient (Wildman–Crippen LogP) is 4.88. The van der Waals surface area contributed by atoms with Crippen molar-refractivity contribution in [2.75, 3.05) is 0 Å². The van der Waals surface area contributed by atoms with Crippen LogP contribution >= 0.6 is 27.3 Å². The quantitative estimate of drug-likeness (QED) is 0.835. The number of halogens is 1. The molecule has 1 aromatic rings. The van der Waals surface area contributed by atoms with Gasteiger partial charge in [-0.15, -0.1) is 11.3 Å². The zero-order valence-corrected chi connectivity index (χ0v) is 13.2. The average Bonchev–Trinajstić information content (AvgIpc) is 2.67. The molecule has 1 saturated carbocycles. The first-order chi connectivity index (χ1) is 8.19. The molecule has 1 heterocycles. The van der Waals surface area contributed by atoms with Gasteiger partial charge in [-0.1, -0.05) is 26.2 Å². The van der Waals surface area contributed by atoms with E-state index < -0.39 is 0 Å². The molecule has 96 valence electrons. The normalized spacial score (nSPS) is 25.1. The minimum Gasteiger partial charge on any atom is -0.309 e. The van der Waals surface area contributed by atoms with E-state index in [1.807, 2.05) is 11.3 Å². The van der Waals surface area contributed by atoms with Crippen LogP contribution in [0.25, 0.3) is 0 Å². The maximum Gasteiger partial charge on any atom is 0.0314 e. The minimum atomic E-state index is 0.745. The Labute approximate surface area is 117 Å². The number of hydrogen-bond acceptors (Lipinski definition) is 2. The van der Waals surface area contributed by atoms with Crippen LogP contribution in [0.15, 0.2) is 10.5 Å². The molecule has 1 aliphatic carbocycles. The molecule has 2 rings (SSSR count). The molecule has 1 aliphatic rings. The molecule has 0 bridgehead atoms. The van der Waals surface area contributed by atoms with Crippen LogP contribution in [-0.4, -0.2) is 6.04 Å². The molecule has 2 unspecified atom stereocenters. The van der Waals surface area contributed by atoms with Crippen LogP contribution in [0.2, 0.25) is 0 Å². The second-order valence-electron chi connectivity index (χ2n) is 5.14. The first-order valence-corrected chi connectivity index (χ1v) is 8.28. The van der Waals surface area contributed by atoms with E-state index in [-0.39, 0.29) is 0 Å². The third-order valence-electron chi connectivity index (χ3n) is 3.83. The molecule has 0 saturated heterocycles. The van der Waals surface area contributed by atoms with Crippen molar-refractivity contribution in [1.29, 1.82) is 0 Å². The Morgan fingerprint density at radius 1 is 1.47 bits per heavy atom. The predicted molar refractivity (Wildman–Crippen MR) is 79.6 cm³/mol. The Morgan fingerprint density at radius 2 is 2.29 bits per heavy atom. The maximum absolute atomic E-state index is 3.73. The summed E-state index contributed by atoms with van der Waals surface area (Å²) in [6, 6.07) is 3.00. The highest BCUT2D eigenvalue weighted by molar-refractivity contribution is 9.10. The van der Waals surface area contributed by atoms with Crippen molar-refractivity contribution in [3.05, 3.63) is 20.3 Å². The summed E-state index contributed by atoms with van der Waals surface area (Å²) in [5.41, 5.74) is 0. The number of aryl methyl sites for hydroxylation is 1. The molecule has 1 N–H and O–H groups in total. The fraction of sp³-hybridized carbons (Fsp3) is 0.714. The summed E-state index contributed by atoms with van der Waals surface area (Å²) < 4.78 is 1.26. The summed E-state index contributed by atoms with van der Waals surface area (Å²) in [6.45, 7) is 5.54. The average molecular weight is 316 g/mol.